The van der Waals surface area contributed by atoms with Crippen LogP contribution in [-0.4, -0.2) is 42.4 Å². The van der Waals surface area contributed by atoms with Crippen LogP contribution in [0.15, 0.2) is 22.0 Å². The topological polar surface area (TPSA) is 115 Å². The van der Waals surface area contributed by atoms with E-state index in [-0.39, 0.29) is 12.3 Å². The lowest BCUT2D eigenvalue weighted by Gasteiger charge is -2.15. The van der Waals surface area contributed by atoms with Gasteiger partial charge < -0.3 is 9.84 Å². The lowest BCUT2D eigenvalue weighted by Crippen LogP contribution is -2.33. The van der Waals surface area contributed by atoms with Crippen LogP contribution in [0.4, 0.5) is 4.39 Å². The Balaban J connectivity index is 1.91. The lowest BCUT2D eigenvalue weighted by atomic mass is 10.1. The van der Waals surface area contributed by atoms with Crippen molar-refractivity contribution in [3.8, 4) is 0 Å². The molecule has 0 aliphatic carbocycles. The molecule has 0 spiro atoms. The number of aromatic nitrogens is 5. The molecule has 3 rings (SSSR count). The summed E-state index contributed by atoms with van der Waals surface area (Å²) < 4.78 is 21.0. The zero-order valence-electron chi connectivity index (χ0n) is 12.3. The molecule has 1 aliphatic heterocycles. The molecule has 0 amide bonds. The van der Waals surface area contributed by atoms with Gasteiger partial charge in [-0.25, -0.2) is 13.9 Å². The summed E-state index contributed by atoms with van der Waals surface area (Å²) in [6, 6.07) is -0.392. The van der Waals surface area contributed by atoms with E-state index in [1.165, 1.54) is 21.6 Å². The molecule has 0 bridgehead atoms. The van der Waals surface area contributed by atoms with E-state index in [2.05, 4.69) is 15.3 Å². The van der Waals surface area contributed by atoms with Crippen LogP contribution in [0.25, 0.3) is 0 Å². The first kappa shape index (κ1) is 15.6. The van der Waals surface area contributed by atoms with Crippen molar-refractivity contribution in [1.29, 1.82) is 0 Å². The Morgan fingerprint density at radius 2 is 2.26 bits per heavy atom. The number of rotatable bonds is 4. The molecule has 10 heteroatoms. The Morgan fingerprint density at radius 1 is 1.48 bits per heavy atom. The van der Waals surface area contributed by atoms with Gasteiger partial charge in [-0.15, -0.1) is 5.10 Å². The van der Waals surface area contributed by atoms with E-state index in [0.717, 1.165) is 0 Å². The fourth-order valence-electron chi connectivity index (χ4n) is 2.67. The van der Waals surface area contributed by atoms with Gasteiger partial charge in [0, 0.05) is 18.2 Å². The maximum Gasteiger partial charge on any atom is 0.330 e. The minimum Gasteiger partial charge on any atom is -0.394 e. The standard InChI is InChI=1S/C13H16FN5O4/c1-7-4-18(13(22)15-12(7)21)11-2-9(10(6-20)23-11)19-5-8(3-14)16-17-19/h4-5,9-11,20H,2-3,6H2,1H3,(H,15,21,22)/t9-,10-,11-/m1/s1. The number of hydrogen-bond acceptors (Lipinski definition) is 6. The van der Waals surface area contributed by atoms with Crippen LogP contribution in [0.5, 0.6) is 0 Å². The van der Waals surface area contributed by atoms with Crippen LogP contribution in [0.3, 0.4) is 0 Å². The van der Waals surface area contributed by atoms with Crippen molar-refractivity contribution in [3.05, 3.63) is 44.5 Å². The van der Waals surface area contributed by atoms with Gasteiger partial charge in [0.2, 0.25) is 0 Å². The first-order chi connectivity index (χ1) is 11.0. The summed E-state index contributed by atoms with van der Waals surface area (Å²) in [5, 5.41) is 17.0. The van der Waals surface area contributed by atoms with Gasteiger partial charge in [0.15, 0.2) is 0 Å². The zero-order chi connectivity index (χ0) is 16.6. The first-order valence-corrected chi connectivity index (χ1v) is 7.08. The van der Waals surface area contributed by atoms with Crippen molar-refractivity contribution < 1.29 is 14.2 Å². The third-order valence-corrected chi connectivity index (χ3v) is 3.87. The summed E-state index contributed by atoms with van der Waals surface area (Å²) in [5.41, 5.74) is -0.491. The van der Waals surface area contributed by atoms with Gasteiger partial charge in [-0.2, -0.15) is 0 Å². The number of nitrogens with one attached hydrogen (secondary N) is 1. The smallest absolute Gasteiger partial charge is 0.330 e. The Bertz CT molecular complexity index is 813. The van der Waals surface area contributed by atoms with E-state index in [4.69, 9.17) is 4.74 Å². The van der Waals surface area contributed by atoms with E-state index >= 15 is 0 Å². The minimum atomic E-state index is -0.737. The van der Waals surface area contributed by atoms with E-state index in [1.807, 2.05) is 0 Å². The number of alkyl halides is 1. The second-order valence-electron chi connectivity index (χ2n) is 5.42. The molecule has 3 atom stereocenters. The van der Waals surface area contributed by atoms with Crippen molar-refractivity contribution in [2.75, 3.05) is 6.61 Å². The van der Waals surface area contributed by atoms with E-state index in [1.54, 1.807) is 6.92 Å². The summed E-state index contributed by atoms with van der Waals surface area (Å²) in [5.74, 6) is 0. The Kier molecular flexibility index (Phi) is 4.09. The average molecular weight is 325 g/mol. The molecular weight excluding hydrogens is 309 g/mol. The highest BCUT2D eigenvalue weighted by Crippen LogP contribution is 2.35. The van der Waals surface area contributed by atoms with Gasteiger partial charge in [-0.3, -0.25) is 14.3 Å². The fraction of sp³-hybridized carbons (Fsp3) is 0.538. The lowest BCUT2D eigenvalue weighted by molar-refractivity contribution is -0.0323. The molecule has 0 aromatic carbocycles. The third-order valence-electron chi connectivity index (χ3n) is 3.87. The van der Waals surface area contributed by atoms with Gasteiger partial charge in [-0.1, -0.05) is 5.21 Å². The summed E-state index contributed by atoms with van der Waals surface area (Å²) in [4.78, 5) is 25.6. The second-order valence-corrected chi connectivity index (χ2v) is 5.42. The molecule has 0 saturated carbocycles. The summed E-state index contributed by atoms with van der Waals surface area (Å²) >= 11 is 0. The first-order valence-electron chi connectivity index (χ1n) is 7.08. The molecule has 124 valence electrons. The van der Waals surface area contributed by atoms with E-state index < -0.39 is 36.3 Å². The van der Waals surface area contributed by atoms with Crippen molar-refractivity contribution in [2.24, 2.45) is 0 Å². The number of halogens is 1. The normalized spacial score (nSPS) is 24.2. The summed E-state index contributed by atoms with van der Waals surface area (Å²) in [6.45, 7) is 0.554. The van der Waals surface area contributed by atoms with Crippen molar-refractivity contribution in [3.63, 3.8) is 0 Å². The molecule has 23 heavy (non-hydrogen) atoms. The van der Waals surface area contributed by atoms with Crippen LogP contribution in [0.2, 0.25) is 0 Å². The van der Waals surface area contributed by atoms with Gasteiger partial charge in [0.05, 0.1) is 18.8 Å². The second kappa shape index (κ2) is 6.05. The number of aliphatic hydroxyl groups excluding tert-OH is 1. The van der Waals surface area contributed by atoms with Crippen molar-refractivity contribution in [2.45, 2.75) is 38.4 Å². The van der Waals surface area contributed by atoms with Crippen LogP contribution in [0, 0.1) is 6.92 Å². The molecule has 1 saturated heterocycles. The molecule has 3 heterocycles. The molecule has 0 unspecified atom stereocenters. The van der Waals surface area contributed by atoms with Gasteiger partial charge >= 0.3 is 5.69 Å². The van der Waals surface area contributed by atoms with Crippen LogP contribution in [-0.2, 0) is 11.4 Å². The van der Waals surface area contributed by atoms with E-state index in [9.17, 15) is 19.1 Å². The van der Waals surface area contributed by atoms with Crippen LogP contribution >= 0.6 is 0 Å². The fourth-order valence-corrected chi connectivity index (χ4v) is 2.67. The van der Waals surface area contributed by atoms with Crippen LogP contribution in [0.1, 0.15) is 29.9 Å². The summed E-state index contributed by atoms with van der Waals surface area (Å²) in [6.07, 6.45) is 1.90. The minimum absolute atomic E-state index is 0.183. The molecule has 9 nitrogen and oxygen atoms in total. The van der Waals surface area contributed by atoms with Gasteiger partial charge in [-0.05, 0) is 6.92 Å². The maximum atomic E-state index is 12.6. The highest BCUT2D eigenvalue weighted by atomic mass is 19.1. The molecular formula is C13H16FN5O4. The third kappa shape index (κ3) is 2.82. The average Bonchev–Trinajstić information content (AvgIpc) is 3.16. The van der Waals surface area contributed by atoms with Gasteiger partial charge in [0.1, 0.15) is 24.7 Å². The van der Waals surface area contributed by atoms with Crippen LogP contribution < -0.4 is 11.2 Å². The predicted molar refractivity (Wildman–Crippen MR) is 75.5 cm³/mol. The quantitative estimate of drug-likeness (QED) is 0.778. The largest absolute Gasteiger partial charge is 0.394 e. The van der Waals surface area contributed by atoms with Crippen molar-refractivity contribution >= 4 is 0 Å². The number of ether oxygens (including phenoxy) is 1. The van der Waals surface area contributed by atoms with Gasteiger partial charge in [0.25, 0.3) is 5.56 Å². The molecule has 2 aromatic heterocycles. The van der Waals surface area contributed by atoms with Crippen molar-refractivity contribution in [1.82, 2.24) is 24.5 Å². The maximum absolute atomic E-state index is 12.6. The number of aryl methyl sites for hydroxylation is 1. The molecule has 1 aliphatic rings. The number of aliphatic hydroxyl groups is 1. The zero-order valence-corrected chi connectivity index (χ0v) is 12.3. The number of aromatic amines is 1. The summed E-state index contributed by atoms with van der Waals surface area (Å²) in [7, 11) is 0. The number of hydrogen-bond donors (Lipinski definition) is 2. The number of nitrogens with zero attached hydrogens (tertiary/aromatic N) is 4. The SMILES string of the molecule is Cc1cn([C@H]2C[C@@H](n3cc(CF)nn3)[C@@H](CO)O2)c(=O)[nH]c1=O. The Labute approximate surface area is 129 Å². The predicted octanol–water partition coefficient (Wildman–Crippen LogP) is -0.573. The highest BCUT2D eigenvalue weighted by molar-refractivity contribution is 5.02. The molecule has 0 radical (unpaired) electrons. The molecule has 2 aromatic rings. The molecule has 1 fully saturated rings. The monoisotopic (exact) mass is 325 g/mol. The molecule has 2 N–H and O–H groups in total. The highest BCUT2D eigenvalue weighted by Gasteiger charge is 2.38. The van der Waals surface area contributed by atoms with E-state index in [0.29, 0.717) is 12.0 Å². The Morgan fingerprint density at radius 3 is 2.91 bits per heavy atom. The number of H-pyrrole nitrogens is 1. The Hall–Kier alpha value is -2.33.